The molecule has 1 amide bonds. The largest absolute Gasteiger partial charge is 0.496 e. The second-order valence-corrected chi connectivity index (χ2v) is 8.30. The molecule has 1 aliphatic heterocycles. The third-order valence-electron chi connectivity index (χ3n) is 6.26. The van der Waals surface area contributed by atoms with Crippen molar-refractivity contribution in [3.05, 3.63) is 65.7 Å². The van der Waals surface area contributed by atoms with Gasteiger partial charge >= 0.3 is 0 Å². The number of rotatable bonds is 7. The summed E-state index contributed by atoms with van der Waals surface area (Å²) in [7, 11) is 1.72. The van der Waals surface area contributed by atoms with Crippen molar-refractivity contribution in [1.82, 2.24) is 9.80 Å². The van der Waals surface area contributed by atoms with E-state index in [1.165, 1.54) is 18.4 Å². The summed E-state index contributed by atoms with van der Waals surface area (Å²) in [5.41, 5.74) is 1.96. The van der Waals surface area contributed by atoms with Crippen molar-refractivity contribution in [3.63, 3.8) is 0 Å². The van der Waals surface area contributed by atoms with E-state index in [1.807, 2.05) is 42.5 Å². The van der Waals surface area contributed by atoms with Crippen LogP contribution in [-0.2, 0) is 11.3 Å². The molecule has 0 bridgehead atoms. The van der Waals surface area contributed by atoms with E-state index in [0.29, 0.717) is 19.2 Å². The summed E-state index contributed by atoms with van der Waals surface area (Å²) in [6, 6.07) is 18.2. The molecule has 5 heteroatoms. The van der Waals surface area contributed by atoms with E-state index in [9.17, 15) is 4.79 Å². The van der Waals surface area contributed by atoms with E-state index in [-0.39, 0.29) is 12.0 Å². The molecule has 2 aliphatic rings. The first-order valence-electron chi connectivity index (χ1n) is 11.1. The number of carbonyl (C=O) groups is 1. The lowest BCUT2D eigenvalue weighted by molar-refractivity contribution is -0.0469. The van der Waals surface area contributed by atoms with Gasteiger partial charge in [-0.05, 0) is 31.0 Å². The predicted molar refractivity (Wildman–Crippen MR) is 118 cm³/mol. The highest BCUT2D eigenvalue weighted by molar-refractivity contribution is 5.94. The summed E-state index contributed by atoms with van der Waals surface area (Å²) in [6.07, 6.45) is 4.62. The van der Waals surface area contributed by atoms with Gasteiger partial charge in [-0.2, -0.15) is 0 Å². The normalized spacial score (nSPS) is 20.2. The zero-order valence-electron chi connectivity index (χ0n) is 17.8. The lowest BCUT2D eigenvalue weighted by atomic mass is 10.1. The molecule has 5 nitrogen and oxygen atoms in total. The minimum absolute atomic E-state index is 0.0294. The molecule has 2 aromatic rings. The standard InChI is InChI=1S/C25H32N2O3/c1-29-24-14-8-5-11-21(24)17-26-15-16-30-23(18-26)19-27(22-12-6-7-13-22)25(28)20-9-3-2-4-10-20/h2-5,8-11,14,22-23H,6-7,12-13,15-19H2,1H3. The number of ether oxygens (including phenoxy) is 2. The second kappa shape index (κ2) is 10.1. The Morgan fingerprint density at radius 2 is 1.83 bits per heavy atom. The Bertz CT molecular complexity index is 820. The maximum absolute atomic E-state index is 13.3. The summed E-state index contributed by atoms with van der Waals surface area (Å²) in [5, 5.41) is 0. The van der Waals surface area contributed by atoms with Gasteiger partial charge in [-0.1, -0.05) is 49.2 Å². The Morgan fingerprint density at radius 3 is 2.60 bits per heavy atom. The van der Waals surface area contributed by atoms with Gasteiger partial charge in [0.05, 0.1) is 19.8 Å². The second-order valence-electron chi connectivity index (χ2n) is 8.30. The molecule has 30 heavy (non-hydrogen) atoms. The molecule has 0 aromatic heterocycles. The highest BCUT2D eigenvalue weighted by atomic mass is 16.5. The summed E-state index contributed by atoms with van der Waals surface area (Å²) in [5.74, 6) is 1.06. The van der Waals surface area contributed by atoms with Crippen molar-refractivity contribution in [2.45, 2.75) is 44.4 Å². The highest BCUT2D eigenvalue weighted by Crippen LogP contribution is 2.26. The minimum atomic E-state index is 0.0294. The molecule has 0 N–H and O–H groups in total. The molecule has 4 rings (SSSR count). The third kappa shape index (κ3) is 5.02. The topological polar surface area (TPSA) is 42.0 Å². The van der Waals surface area contributed by atoms with Gasteiger partial charge in [0.1, 0.15) is 5.75 Å². The molecule has 1 aliphatic carbocycles. The van der Waals surface area contributed by atoms with Crippen molar-refractivity contribution in [1.29, 1.82) is 0 Å². The predicted octanol–water partition coefficient (Wildman–Crippen LogP) is 3.98. The van der Waals surface area contributed by atoms with E-state index >= 15 is 0 Å². The van der Waals surface area contributed by atoms with Gasteiger partial charge in [-0.25, -0.2) is 0 Å². The molecule has 1 saturated carbocycles. The fourth-order valence-electron chi connectivity index (χ4n) is 4.69. The van der Waals surface area contributed by atoms with Gasteiger partial charge in [-0.15, -0.1) is 0 Å². The van der Waals surface area contributed by atoms with Gasteiger partial charge in [0.2, 0.25) is 0 Å². The fourth-order valence-corrected chi connectivity index (χ4v) is 4.69. The molecule has 1 atom stereocenters. The lowest BCUT2D eigenvalue weighted by Crippen LogP contribution is -2.50. The maximum Gasteiger partial charge on any atom is 0.254 e. The molecular formula is C25H32N2O3. The maximum atomic E-state index is 13.3. The Balaban J connectivity index is 1.44. The molecule has 1 unspecified atom stereocenters. The quantitative estimate of drug-likeness (QED) is 0.695. The monoisotopic (exact) mass is 408 g/mol. The zero-order valence-corrected chi connectivity index (χ0v) is 17.8. The first-order valence-corrected chi connectivity index (χ1v) is 11.1. The van der Waals surface area contributed by atoms with Crippen LogP contribution in [-0.4, -0.2) is 61.2 Å². The van der Waals surface area contributed by atoms with E-state index in [2.05, 4.69) is 21.9 Å². The Kier molecular flexibility index (Phi) is 7.03. The average Bonchev–Trinajstić information content (AvgIpc) is 3.33. The molecule has 1 saturated heterocycles. The molecule has 160 valence electrons. The molecule has 0 spiro atoms. The SMILES string of the molecule is COc1ccccc1CN1CCOC(CN(C(=O)c2ccccc2)C2CCCC2)C1. The van der Waals surface area contributed by atoms with E-state index in [4.69, 9.17) is 9.47 Å². The number of hydrogen-bond acceptors (Lipinski definition) is 4. The van der Waals surface area contributed by atoms with Crippen LogP contribution < -0.4 is 4.74 Å². The van der Waals surface area contributed by atoms with Crippen LogP contribution in [0.25, 0.3) is 0 Å². The summed E-state index contributed by atoms with van der Waals surface area (Å²) in [6.45, 7) is 3.90. The number of amides is 1. The minimum Gasteiger partial charge on any atom is -0.496 e. The lowest BCUT2D eigenvalue weighted by Gasteiger charge is -2.38. The molecule has 1 heterocycles. The number of benzene rings is 2. The number of morpholine rings is 1. The van der Waals surface area contributed by atoms with Crippen LogP contribution in [0.5, 0.6) is 5.75 Å². The van der Waals surface area contributed by atoms with Gasteiger partial charge in [0.15, 0.2) is 0 Å². The smallest absolute Gasteiger partial charge is 0.254 e. The number of nitrogens with zero attached hydrogens (tertiary/aromatic N) is 2. The average molecular weight is 409 g/mol. The number of para-hydroxylation sites is 1. The first kappa shape index (κ1) is 20.9. The third-order valence-corrected chi connectivity index (χ3v) is 6.26. The highest BCUT2D eigenvalue weighted by Gasteiger charge is 2.31. The van der Waals surface area contributed by atoms with Gasteiger partial charge < -0.3 is 14.4 Å². The zero-order chi connectivity index (χ0) is 20.8. The van der Waals surface area contributed by atoms with Crippen molar-refractivity contribution in [2.75, 3.05) is 33.4 Å². The van der Waals surface area contributed by atoms with Crippen molar-refractivity contribution in [2.24, 2.45) is 0 Å². The van der Waals surface area contributed by atoms with E-state index in [0.717, 1.165) is 43.8 Å². The first-order chi connectivity index (χ1) is 14.7. The summed E-state index contributed by atoms with van der Waals surface area (Å²) in [4.78, 5) is 17.8. The molecule has 2 fully saturated rings. The van der Waals surface area contributed by atoms with Crippen LogP contribution in [0.1, 0.15) is 41.6 Å². The summed E-state index contributed by atoms with van der Waals surface area (Å²) >= 11 is 0. The van der Waals surface area contributed by atoms with Crippen LogP contribution in [0.15, 0.2) is 54.6 Å². The van der Waals surface area contributed by atoms with Crippen molar-refractivity contribution >= 4 is 5.91 Å². The van der Waals surface area contributed by atoms with E-state index < -0.39 is 0 Å². The van der Waals surface area contributed by atoms with Crippen molar-refractivity contribution in [3.8, 4) is 5.75 Å². The van der Waals surface area contributed by atoms with Crippen molar-refractivity contribution < 1.29 is 14.3 Å². The molecular weight excluding hydrogens is 376 g/mol. The van der Waals surface area contributed by atoms with Crippen LogP contribution in [0, 0.1) is 0 Å². The van der Waals surface area contributed by atoms with E-state index in [1.54, 1.807) is 7.11 Å². The molecule has 2 aromatic carbocycles. The van der Waals surface area contributed by atoms with Gasteiger partial charge in [-0.3, -0.25) is 9.69 Å². The van der Waals surface area contributed by atoms with Crippen LogP contribution in [0.3, 0.4) is 0 Å². The Labute approximate surface area is 179 Å². The fraction of sp³-hybridized carbons (Fsp3) is 0.480. The van der Waals surface area contributed by atoms with Crippen LogP contribution in [0.2, 0.25) is 0 Å². The summed E-state index contributed by atoms with van der Waals surface area (Å²) < 4.78 is 11.6. The van der Waals surface area contributed by atoms with Gasteiger partial charge in [0.25, 0.3) is 5.91 Å². The van der Waals surface area contributed by atoms with Gasteiger partial charge in [0, 0.05) is 43.3 Å². The Morgan fingerprint density at radius 1 is 1.10 bits per heavy atom. The van der Waals surface area contributed by atoms with Crippen LogP contribution in [0.4, 0.5) is 0 Å². The number of hydrogen-bond donors (Lipinski definition) is 0. The van der Waals surface area contributed by atoms with Crippen LogP contribution >= 0.6 is 0 Å². The molecule has 0 radical (unpaired) electrons. The number of methoxy groups -OCH3 is 1. The Hall–Kier alpha value is -2.37. The number of carbonyl (C=O) groups excluding carboxylic acids is 1.